The smallest absolute Gasteiger partial charge is 0.0954 e. The second-order valence-corrected chi connectivity index (χ2v) is 6.68. The first-order valence-electron chi connectivity index (χ1n) is 7.78. The molecule has 0 saturated carbocycles. The van der Waals surface area contributed by atoms with E-state index in [1.807, 2.05) is 0 Å². The third-order valence-electron chi connectivity index (χ3n) is 4.27. The largest absolute Gasteiger partial charge is 0.394 e. The first-order valence-corrected chi connectivity index (χ1v) is 7.78. The molecule has 1 aromatic rings. The summed E-state index contributed by atoms with van der Waals surface area (Å²) in [5.74, 6) is 0. The lowest BCUT2D eigenvalue weighted by molar-refractivity contribution is -0.155. The van der Waals surface area contributed by atoms with Gasteiger partial charge in [0.05, 0.1) is 31.0 Å². The van der Waals surface area contributed by atoms with Crippen LogP contribution in [0.3, 0.4) is 0 Å². The third-order valence-corrected chi connectivity index (χ3v) is 4.27. The number of rotatable bonds is 3. The topological polar surface area (TPSA) is 41.9 Å². The first-order chi connectivity index (χ1) is 10.1. The van der Waals surface area contributed by atoms with E-state index in [-0.39, 0.29) is 24.4 Å². The maximum absolute atomic E-state index is 9.42. The number of fused-ring (bicyclic) bond motifs is 1. The number of morpholine rings is 1. The highest BCUT2D eigenvalue weighted by Crippen LogP contribution is 2.29. The molecule has 1 aromatic carbocycles. The van der Waals surface area contributed by atoms with Gasteiger partial charge in [0.15, 0.2) is 0 Å². The van der Waals surface area contributed by atoms with Gasteiger partial charge in [0.1, 0.15) is 0 Å². The lowest BCUT2D eigenvalue weighted by Crippen LogP contribution is -2.54. The van der Waals surface area contributed by atoms with Crippen molar-refractivity contribution in [3.05, 3.63) is 35.4 Å². The molecule has 1 N–H and O–H groups in total. The molecule has 1 fully saturated rings. The van der Waals surface area contributed by atoms with E-state index in [4.69, 9.17) is 9.47 Å². The van der Waals surface area contributed by atoms with Crippen molar-refractivity contribution in [2.24, 2.45) is 0 Å². The summed E-state index contributed by atoms with van der Waals surface area (Å²) in [7, 11) is 0. The minimum Gasteiger partial charge on any atom is -0.394 e. The predicted molar refractivity (Wildman–Crippen MR) is 81.3 cm³/mol. The molecule has 1 saturated heterocycles. The van der Waals surface area contributed by atoms with E-state index < -0.39 is 0 Å². The van der Waals surface area contributed by atoms with Gasteiger partial charge < -0.3 is 14.6 Å². The van der Waals surface area contributed by atoms with Crippen LogP contribution in [0.5, 0.6) is 0 Å². The maximum atomic E-state index is 9.42. The molecule has 2 atom stereocenters. The zero-order chi connectivity index (χ0) is 14.9. The van der Waals surface area contributed by atoms with E-state index in [1.165, 1.54) is 11.1 Å². The van der Waals surface area contributed by atoms with Gasteiger partial charge in [-0.15, -0.1) is 0 Å². The Morgan fingerprint density at radius 1 is 1.33 bits per heavy atom. The molecule has 116 valence electrons. The summed E-state index contributed by atoms with van der Waals surface area (Å²) >= 11 is 0. The summed E-state index contributed by atoms with van der Waals surface area (Å²) in [4.78, 5) is 2.36. The summed E-state index contributed by atoms with van der Waals surface area (Å²) in [5, 5.41) is 9.42. The van der Waals surface area contributed by atoms with E-state index in [0.29, 0.717) is 0 Å². The Balaban J connectivity index is 1.72. The Morgan fingerprint density at radius 3 is 2.95 bits per heavy atom. The molecule has 0 aromatic heterocycles. The molecule has 0 spiro atoms. The summed E-state index contributed by atoms with van der Waals surface area (Å²) in [6.07, 6.45) is 1.02. The molecule has 2 heterocycles. The predicted octanol–water partition coefficient (Wildman–Crippen LogP) is 1.77. The molecular formula is C17H25NO3. The first kappa shape index (κ1) is 15.0. The zero-order valence-corrected chi connectivity index (χ0v) is 12.9. The van der Waals surface area contributed by atoms with Gasteiger partial charge in [0.25, 0.3) is 0 Å². The molecule has 2 aliphatic rings. The Labute approximate surface area is 126 Å². The molecule has 0 amide bonds. The van der Waals surface area contributed by atoms with E-state index in [9.17, 15) is 5.11 Å². The second-order valence-electron chi connectivity index (χ2n) is 6.68. The van der Waals surface area contributed by atoms with Gasteiger partial charge in [-0.1, -0.05) is 24.3 Å². The van der Waals surface area contributed by atoms with Gasteiger partial charge >= 0.3 is 0 Å². The summed E-state index contributed by atoms with van der Waals surface area (Å²) in [6, 6.07) is 8.56. The van der Waals surface area contributed by atoms with Crippen LogP contribution in [0.25, 0.3) is 0 Å². The quantitative estimate of drug-likeness (QED) is 0.921. The van der Waals surface area contributed by atoms with E-state index in [2.05, 4.69) is 43.0 Å². The molecule has 3 rings (SSSR count). The molecule has 4 heteroatoms. The SMILES string of the molecule is CC1(C)CN(CC2OCCc3ccccc32)CC(CO)O1. The normalized spacial score (nSPS) is 29.1. The van der Waals surface area contributed by atoms with Crippen LogP contribution in [0, 0.1) is 0 Å². The monoisotopic (exact) mass is 291 g/mol. The highest BCUT2D eigenvalue weighted by molar-refractivity contribution is 5.31. The number of nitrogens with zero attached hydrogens (tertiary/aromatic N) is 1. The van der Waals surface area contributed by atoms with Crippen LogP contribution in [0.15, 0.2) is 24.3 Å². The minimum absolute atomic E-state index is 0.0715. The van der Waals surface area contributed by atoms with Crippen molar-refractivity contribution in [3.63, 3.8) is 0 Å². The fourth-order valence-electron chi connectivity index (χ4n) is 3.51. The van der Waals surface area contributed by atoms with Gasteiger partial charge in [0, 0.05) is 19.6 Å². The van der Waals surface area contributed by atoms with Crippen LogP contribution in [-0.4, -0.2) is 54.6 Å². The van der Waals surface area contributed by atoms with Gasteiger partial charge in [-0.05, 0) is 31.4 Å². The van der Waals surface area contributed by atoms with E-state index >= 15 is 0 Å². The van der Waals surface area contributed by atoms with Crippen LogP contribution in [0.2, 0.25) is 0 Å². The molecule has 21 heavy (non-hydrogen) atoms. The molecule has 0 bridgehead atoms. The van der Waals surface area contributed by atoms with Crippen LogP contribution in [0.4, 0.5) is 0 Å². The molecule has 2 aliphatic heterocycles. The molecule has 4 nitrogen and oxygen atoms in total. The Kier molecular flexibility index (Phi) is 4.31. The van der Waals surface area contributed by atoms with Crippen molar-refractivity contribution in [2.75, 3.05) is 32.8 Å². The van der Waals surface area contributed by atoms with E-state index in [0.717, 1.165) is 32.7 Å². The molecule has 0 aliphatic carbocycles. The number of ether oxygens (including phenoxy) is 2. The second kappa shape index (κ2) is 6.05. The van der Waals surface area contributed by atoms with Crippen molar-refractivity contribution in [3.8, 4) is 0 Å². The van der Waals surface area contributed by atoms with Crippen LogP contribution in [-0.2, 0) is 15.9 Å². The highest BCUT2D eigenvalue weighted by atomic mass is 16.5. The van der Waals surface area contributed by atoms with Crippen LogP contribution < -0.4 is 0 Å². The zero-order valence-electron chi connectivity index (χ0n) is 12.9. The fourth-order valence-corrected chi connectivity index (χ4v) is 3.51. The molecule has 0 radical (unpaired) electrons. The number of aliphatic hydroxyl groups excluding tert-OH is 1. The average molecular weight is 291 g/mol. The van der Waals surface area contributed by atoms with Crippen LogP contribution >= 0.6 is 0 Å². The van der Waals surface area contributed by atoms with Crippen molar-refractivity contribution < 1.29 is 14.6 Å². The summed E-state index contributed by atoms with van der Waals surface area (Å²) < 4.78 is 11.9. The molecular weight excluding hydrogens is 266 g/mol. The van der Waals surface area contributed by atoms with Gasteiger partial charge in [0.2, 0.25) is 0 Å². The average Bonchev–Trinajstić information content (AvgIpc) is 2.46. The van der Waals surface area contributed by atoms with E-state index in [1.54, 1.807) is 0 Å². The van der Waals surface area contributed by atoms with Crippen LogP contribution in [0.1, 0.15) is 31.1 Å². The van der Waals surface area contributed by atoms with Crippen molar-refractivity contribution in [1.29, 1.82) is 0 Å². The summed E-state index contributed by atoms with van der Waals surface area (Å²) in [5.41, 5.74) is 2.49. The van der Waals surface area contributed by atoms with Gasteiger partial charge in [-0.2, -0.15) is 0 Å². The summed E-state index contributed by atoms with van der Waals surface area (Å²) in [6.45, 7) is 7.52. The number of hydrogen-bond donors (Lipinski definition) is 1. The Morgan fingerprint density at radius 2 is 2.14 bits per heavy atom. The Bertz CT molecular complexity index is 489. The molecule has 2 unspecified atom stereocenters. The van der Waals surface area contributed by atoms with Gasteiger partial charge in [-0.3, -0.25) is 4.90 Å². The van der Waals surface area contributed by atoms with Crippen molar-refractivity contribution in [1.82, 2.24) is 4.90 Å². The highest BCUT2D eigenvalue weighted by Gasteiger charge is 2.34. The number of aliphatic hydroxyl groups is 1. The third kappa shape index (κ3) is 3.46. The Hall–Kier alpha value is -0.940. The fraction of sp³-hybridized carbons (Fsp3) is 0.647. The maximum Gasteiger partial charge on any atom is 0.0954 e. The van der Waals surface area contributed by atoms with Crippen molar-refractivity contribution in [2.45, 2.75) is 38.1 Å². The van der Waals surface area contributed by atoms with Crippen molar-refractivity contribution >= 4 is 0 Å². The lowest BCUT2D eigenvalue weighted by Gasteiger charge is -2.43. The number of hydrogen-bond acceptors (Lipinski definition) is 4. The lowest BCUT2D eigenvalue weighted by atomic mass is 9.96. The standard InChI is InChI=1S/C17H25NO3/c1-17(2)12-18(9-14(11-19)21-17)10-16-15-6-4-3-5-13(15)7-8-20-16/h3-6,14,16,19H,7-12H2,1-2H3. The minimum atomic E-state index is -0.222. The van der Waals surface area contributed by atoms with Gasteiger partial charge in [-0.25, -0.2) is 0 Å². The number of benzene rings is 1.